The number of aromatic amines is 1. The number of aliphatic hydroxyl groups excluding tert-OH is 1. The van der Waals surface area contributed by atoms with Crippen LogP contribution in [0.15, 0.2) is 41.6 Å². The third-order valence-corrected chi connectivity index (χ3v) is 6.57. The number of pyridine rings is 1. The van der Waals surface area contributed by atoms with Gasteiger partial charge in [-0.3, -0.25) is 4.79 Å². The maximum Gasteiger partial charge on any atom is 0.248 e. The Hall–Kier alpha value is -3.11. The average molecular weight is 420 g/mol. The lowest BCUT2D eigenvalue weighted by molar-refractivity contribution is 0.134. The standard InChI is InChI=1S/C24H29N5O2/c1-17-8-23(31)26-12-22(17)28(16-30)13-19-4-3-7-24(2,10-19)14-29-15-27-20-6-5-18(11-25)9-21(20)29/h5-6,8-9,12,15,19,30H,3-4,7,10,13-14,16H2,1-2H3,(H,26,31). The maximum atomic E-state index is 11.6. The molecule has 2 atom stereocenters. The molecule has 1 aromatic carbocycles. The lowest BCUT2D eigenvalue weighted by atomic mass is 9.70. The van der Waals surface area contributed by atoms with Gasteiger partial charge in [0.15, 0.2) is 0 Å². The van der Waals surface area contributed by atoms with Crippen LogP contribution in [0.25, 0.3) is 11.0 Å². The number of aliphatic hydroxyl groups is 1. The number of aromatic nitrogens is 3. The summed E-state index contributed by atoms with van der Waals surface area (Å²) in [5.41, 5.74) is 4.29. The van der Waals surface area contributed by atoms with Gasteiger partial charge >= 0.3 is 0 Å². The molecule has 1 aliphatic rings. The molecule has 2 N–H and O–H groups in total. The first-order valence-corrected chi connectivity index (χ1v) is 10.8. The van der Waals surface area contributed by atoms with E-state index in [-0.39, 0.29) is 17.7 Å². The summed E-state index contributed by atoms with van der Waals surface area (Å²) in [5, 5.41) is 19.2. The quantitative estimate of drug-likeness (QED) is 0.596. The van der Waals surface area contributed by atoms with Crippen LogP contribution in [0.2, 0.25) is 0 Å². The van der Waals surface area contributed by atoms with E-state index in [1.165, 1.54) is 0 Å². The van der Waals surface area contributed by atoms with Gasteiger partial charge in [0, 0.05) is 25.4 Å². The van der Waals surface area contributed by atoms with Gasteiger partial charge in [-0.25, -0.2) is 4.98 Å². The van der Waals surface area contributed by atoms with Crippen LogP contribution in [0.1, 0.15) is 43.7 Å². The molecule has 0 spiro atoms. The second-order valence-corrected chi connectivity index (χ2v) is 9.19. The third-order valence-electron chi connectivity index (χ3n) is 6.57. The number of benzene rings is 1. The van der Waals surface area contributed by atoms with E-state index < -0.39 is 0 Å². The Bertz CT molecular complexity index is 1170. The molecular formula is C24H29N5O2. The summed E-state index contributed by atoms with van der Waals surface area (Å²) >= 11 is 0. The van der Waals surface area contributed by atoms with Crippen LogP contribution in [-0.2, 0) is 6.54 Å². The molecule has 4 rings (SSSR count). The van der Waals surface area contributed by atoms with Crippen LogP contribution < -0.4 is 10.5 Å². The fourth-order valence-corrected chi connectivity index (χ4v) is 5.13. The van der Waals surface area contributed by atoms with Crippen LogP contribution in [0.3, 0.4) is 0 Å². The summed E-state index contributed by atoms with van der Waals surface area (Å²) < 4.78 is 2.18. The van der Waals surface area contributed by atoms with Crippen LogP contribution in [-0.4, -0.2) is 32.9 Å². The first-order valence-electron chi connectivity index (χ1n) is 10.8. The van der Waals surface area contributed by atoms with Crippen LogP contribution in [0.5, 0.6) is 0 Å². The minimum absolute atomic E-state index is 0.0802. The molecule has 0 radical (unpaired) electrons. The van der Waals surface area contributed by atoms with Crippen molar-refractivity contribution in [3.05, 3.63) is 58.3 Å². The number of nitrogens with zero attached hydrogens (tertiary/aromatic N) is 4. The number of nitrogens with one attached hydrogen (secondary N) is 1. The van der Waals surface area contributed by atoms with Crippen molar-refractivity contribution < 1.29 is 5.11 Å². The number of rotatable bonds is 6. The molecule has 0 bridgehead atoms. The molecule has 1 aliphatic carbocycles. The van der Waals surface area contributed by atoms with Gasteiger partial charge in [0.25, 0.3) is 0 Å². The minimum atomic E-state index is -0.128. The van der Waals surface area contributed by atoms with Crippen molar-refractivity contribution in [1.29, 1.82) is 5.26 Å². The Morgan fingerprint density at radius 3 is 3.00 bits per heavy atom. The Morgan fingerprint density at radius 1 is 1.42 bits per heavy atom. The molecule has 2 unspecified atom stereocenters. The SMILES string of the molecule is Cc1cc(=O)[nH]cc1N(CO)CC1CCCC(C)(Cn2cnc3ccc(C#N)cc32)C1. The minimum Gasteiger partial charge on any atom is -0.376 e. The van der Waals surface area contributed by atoms with Crippen LogP contribution >= 0.6 is 0 Å². The van der Waals surface area contributed by atoms with E-state index in [0.29, 0.717) is 11.5 Å². The molecule has 1 saturated carbocycles. The number of H-pyrrole nitrogens is 1. The number of aryl methyl sites for hydroxylation is 1. The molecular weight excluding hydrogens is 390 g/mol. The highest BCUT2D eigenvalue weighted by Crippen LogP contribution is 2.41. The second kappa shape index (κ2) is 8.56. The van der Waals surface area contributed by atoms with Crippen molar-refractivity contribution >= 4 is 16.7 Å². The lowest BCUT2D eigenvalue weighted by Crippen LogP contribution is -2.37. The zero-order valence-corrected chi connectivity index (χ0v) is 18.1. The number of hydrogen-bond acceptors (Lipinski definition) is 5. The molecule has 31 heavy (non-hydrogen) atoms. The highest BCUT2D eigenvalue weighted by atomic mass is 16.3. The third kappa shape index (κ3) is 4.49. The van der Waals surface area contributed by atoms with Crippen molar-refractivity contribution in [2.45, 2.75) is 46.1 Å². The van der Waals surface area contributed by atoms with E-state index in [1.54, 1.807) is 18.3 Å². The van der Waals surface area contributed by atoms with Gasteiger partial charge in [-0.05, 0) is 61.3 Å². The van der Waals surface area contributed by atoms with Gasteiger partial charge in [0.1, 0.15) is 6.73 Å². The van der Waals surface area contributed by atoms with E-state index in [1.807, 2.05) is 30.3 Å². The number of anilines is 1. The second-order valence-electron chi connectivity index (χ2n) is 9.19. The molecule has 3 aromatic rings. The average Bonchev–Trinajstić information content (AvgIpc) is 3.13. The Labute approximate surface area is 182 Å². The van der Waals surface area contributed by atoms with Gasteiger partial charge in [-0.15, -0.1) is 0 Å². The van der Waals surface area contributed by atoms with Crippen molar-refractivity contribution in [3.8, 4) is 6.07 Å². The van der Waals surface area contributed by atoms with E-state index in [9.17, 15) is 15.2 Å². The summed E-state index contributed by atoms with van der Waals surface area (Å²) in [6.45, 7) is 5.75. The Morgan fingerprint density at radius 2 is 2.26 bits per heavy atom. The van der Waals surface area contributed by atoms with Crippen molar-refractivity contribution in [2.24, 2.45) is 11.3 Å². The molecule has 2 aromatic heterocycles. The smallest absolute Gasteiger partial charge is 0.248 e. The molecule has 0 amide bonds. The molecule has 7 heteroatoms. The molecule has 0 saturated heterocycles. The maximum absolute atomic E-state index is 11.6. The topological polar surface area (TPSA) is 97.9 Å². The van der Waals surface area contributed by atoms with Gasteiger partial charge in [-0.1, -0.05) is 13.3 Å². The summed E-state index contributed by atoms with van der Waals surface area (Å²) in [5.74, 6) is 0.446. The number of nitriles is 1. The van der Waals surface area contributed by atoms with Gasteiger partial charge in [-0.2, -0.15) is 5.26 Å². The normalized spacial score (nSPS) is 21.2. The molecule has 162 valence electrons. The van der Waals surface area contributed by atoms with Crippen molar-refractivity contribution in [1.82, 2.24) is 14.5 Å². The summed E-state index contributed by atoms with van der Waals surface area (Å²) in [4.78, 5) is 20.7. The predicted octanol–water partition coefficient (Wildman–Crippen LogP) is 3.56. The number of imidazole rings is 1. The van der Waals surface area contributed by atoms with Gasteiger partial charge in [0.05, 0.1) is 34.7 Å². The predicted molar refractivity (Wildman–Crippen MR) is 121 cm³/mol. The van der Waals surface area contributed by atoms with E-state index in [2.05, 4.69) is 27.5 Å². The summed E-state index contributed by atoms with van der Waals surface area (Å²) in [6, 6.07) is 9.41. The molecule has 1 fully saturated rings. The van der Waals surface area contributed by atoms with Gasteiger partial charge < -0.3 is 19.6 Å². The van der Waals surface area contributed by atoms with Crippen LogP contribution in [0, 0.1) is 29.6 Å². The largest absolute Gasteiger partial charge is 0.376 e. The highest BCUT2D eigenvalue weighted by Gasteiger charge is 2.34. The van der Waals surface area contributed by atoms with Crippen molar-refractivity contribution in [2.75, 3.05) is 18.2 Å². The Balaban J connectivity index is 1.51. The fraction of sp³-hybridized carbons (Fsp3) is 0.458. The highest BCUT2D eigenvalue weighted by molar-refractivity contribution is 5.77. The van der Waals surface area contributed by atoms with E-state index in [4.69, 9.17) is 0 Å². The first kappa shape index (κ1) is 21.1. The molecule has 2 heterocycles. The number of fused-ring (bicyclic) bond motifs is 1. The Kier molecular flexibility index (Phi) is 5.84. The van der Waals surface area contributed by atoms with E-state index >= 15 is 0 Å². The summed E-state index contributed by atoms with van der Waals surface area (Å²) in [7, 11) is 0. The monoisotopic (exact) mass is 419 g/mol. The van der Waals surface area contributed by atoms with Crippen molar-refractivity contribution in [3.63, 3.8) is 0 Å². The van der Waals surface area contributed by atoms with Crippen LogP contribution in [0.4, 0.5) is 5.69 Å². The lowest BCUT2D eigenvalue weighted by Gasteiger charge is -2.40. The summed E-state index contributed by atoms with van der Waals surface area (Å²) in [6.07, 6.45) is 8.02. The number of hydrogen-bond donors (Lipinski definition) is 2. The fourth-order valence-electron chi connectivity index (χ4n) is 5.13. The zero-order valence-electron chi connectivity index (χ0n) is 18.1. The van der Waals surface area contributed by atoms with E-state index in [0.717, 1.165) is 61.1 Å². The molecule has 7 nitrogen and oxygen atoms in total. The van der Waals surface area contributed by atoms with Gasteiger partial charge in [0.2, 0.25) is 5.56 Å². The molecule has 0 aliphatic heterocycles. The zero-order chi connectivity index (χ0) is 22.0. The first-order chi connectivity index (χ1) is 14.9.